The second kappa shape index (κ2) is 18.8. The zero-order chi connectivity index (χ0) is 44.8. The lowest BCUT2D eigenvalue weighted by atomic mass is 9.95. The quantitative estimate of drug-likeness (QED) is 0.143. The van der Waals surface area contributed by atoms with E-state index in [4.69, 9.17) is 0 Å². The van der Waals surface area contributed by atoms with Gasteiger partial charge < -0.3 is 14.4 Å². The third kappa shape index (κ3) is 8.51. The van der Waals surface area contributed by atoms with Crippen molar-refractivity contribution in [3.05, 3.63) is 271 Å². The van der Waals surface area contributed by atoms with Crippen molar-refractivity contribution < 1.29 is 0 Å². The van der Waals surface area contributed by atoms with Crippen LogP contribution in [0.5, 0.6) is 0 Å². The first kappa shape index (κ1) is 41.6. The number of rotatable bonds is 9. The Labute approximate surface area is 388 Å². The van der Waals surface area contributed by atoms with Crippen molar-refractivity contribution in [1.29, 1.82) is 0 Å². The second-order valence-corrected chi connectivity index (χ2v) is 16.8. The van der Waals surface area contributed by atoms with Gasteiger partial charge in [-0.05, 0) is 151 Å². The van der Waals surface area contributed by atoms with Gasteiger partial charge in [0.05, 0.1) is 11.0 Å². The molecule has 0 N–H and O–H groups in total. The molecule has 0 radical (unpaired) electrons. The van der Waals surface area contributed by atoms with E-state index in [-0.39, 0.29) is 0 Å². The van der Waals surface area contributed by atoms with Crippen LogP contribution >= 0.6 is 0 Å². The van der Waals surface area contributed by atoms with Gasteiger partial charge in [0.15, 0.2) is 0 Å². The lowest BCUT2D eigenvalue weighted by Crippen LogP contribution is -2.10. The molecule has 318 valence electrons. The number of fused-ring (bicyclic) bond motifs is 3. The highest BCUT2D eigenvalue weighted by Gasteiger charge is 2.19. The van der Waals surface area contributed by atoms with E-state index in [1.165, 1.54) is 55.2 Å². The summed E-state index contributed by atoms with van der Waals surface area (Å²) in [6.07, 6.45) is 0. The number of anilines is 6. The Morgan fingerprint density at radius 2 is 0.712 bits per heavy atom. The van der Waals surface area contributed by atoms with Crippen molar-refractivity contribution >= 4 is 55.9 Å². The molecule has 0 aliphatic rings. The summed E-state index contributed by atoms with van der Waals surface area (Å²) in [6.45, 7) is 6.47. The fourth-order valence-corrected chi connectivity index (χ4v) is 9.06. The first-order valence-electron chi connectivity index (χ1n) is 22.7. The molecule has 0 spiro atoms. The van der Waals surface area contributed by atoms with E-state index in [0.29, 0.717) is 0 Å². The average molecular weight is 850 g/mol. The predicted molar refractivity (Wildman–Crippen MR) is 282 cm³/mol. The Morgan fingerprint density at radius 3 is 1.27 bits per heavy atom. The maximum absolute atomic E-state index is 2.37. The van der Waals surface area contributed by atoms with Crippen LogP contribution < -0.4 is 9.80 Å². The molecule has 0 saturated heterocycles. The molecule has 1 heterocycles. The highest BCUT2D eigenvalue weighted by molar-refractivity contribution is 6.10. The van der Waals surface area contributed by atoms with Crippen LogP contribution in [0.25, 0.3) is 49.7 Å². The number of aromatic nitrogens is 1. The van der Waals surface area contributed by atoms with E-state index in [1.54, 1.807) is 0 Å². The van der Waals surface area contributed by atoms with Gasteiger partial charge in [0.1, 0.15) is 0 Å². The summed E-state index contributed by atoms with van der Waals surface area (Å²) in [5.41, 5.74) is 18.9. The molecule has 0 unspecified atom stereocenters. The van der Waals surface area contributed by atoms with Gasteiger partial charge in [-0.3, -0.25) is 0 Å². The number of aryl methyl sites for hydroxylation is 3. The zero-order valence-corrected chi connectivity index (χ0v) is 37.6. The normalized spacial score (nSPS) is 11.0. The summed E-state index contributed by atoms with van der Waals surface area (Å²) in [5.74, 6) is 0. The Kier molecular flexibility index (Phi) is 11.8. The predicted octanol–water partition coefficient (Wildman–Crippen LogP) is 17.7. The molecule has 66 heavy (non-hydrogen) atoms. The van der Waals surface area contributed by atoms with Gasteiger partial charge >= 0.3 is 0 Å². The summed E-state index contributed by atoms with van der Waals surface area (Å²) in [4.78, 5) is 4.70. The number of hydrogen-bond acceptors (Lipinski definition) is 2. The average Bonchev–Trinajstić information content (AvgIpc) is 3.70. The maximum atomic E-state index is 2.37. The maximum Gasteiger partial charge on any atom is 0.0542 e. The van der Waals surface area contributed by atoms with Crippen LogP contribution in [-0.4, -0.2) is 4.57 Å². The van der Waals surface area contributed by atoms with E-state index in [9.17, 15) is 0 Å². The van der Waals surface area contributed by atoms with Gasteiger partial charge in [0, 0.05) is 50.6 Å². The van der Waals surface area contributed by atoms with E-state index >= 15 is 0 Å². The monoisotopic (exact) mass is 849 g/mol. The van der Waals surface area contributed by atoms with E-state index in [1.807, 2.05) is 18.2 Å². The van der Waals surface area contributed by atoms with E-state index in [2.05, 4.69) is 272 Å². The highest BCUT2D eigenvalue weighted by atomic mass is 15.1. The van der Waals surface area contributed by atoms with Crippen molar-refractivity contribution in [3.8, 4) is 27.9 Å². The highest BCUT2D eigenvalue weighted by Crippen LogP contribution is 2.42. The standard InChI is InChI=1S/C56H43N3.C7H8/c1-40-16-12-13-23-51(40)53-38-49(31-26-41(53)2)57(44-17-6-3-7-18-44)47-32-27-42(28-33-47)43-29-34-48(35-30-43)58(45-19-8-4-9-20-45)50-36-37-56-54(39-50)52-24-14-15-25-55(52)59(56)46-21-10-5-11-22-46;1-7-5-3-2-4-6-7/h3-39H,1-2H3;2-6H,1H3. The zero-order valence-electron chi connectivity index (χ0n) is 37.6. The van der Waals surface area contributed by atoms with Crippen LogP contribution in [0.4, 0.5) is 34.1 Å². The van der Waals surface area contributed by atoms with Crippen molar-refractivity contribution in [2.75, 3.05) is 9.80 Å². The molecule has 0 aliphatic heterocycles. The SMILES string of the molecule is Cc1ccccc1.Cc1ccccc1-c1cc(N(c2ccccc2)c2ccc(-c3ccc(N(c4ccccc4)c4ccc5c(c4)c4ccccc4n5-c4ccccc4)cc3)cc2)ccc1C. The van der Waals surface area contributed by atoms with Crippen LogP contribution in [-0.2, 0) is 0 Å². The number of benzene rings is 10. The third-order valence-corrected chi connectivity index (χ3v) is 12.4. The van der Waals surface area contributed by atoms with Gasteiger partial charge in [-0.1, -0.05) is 163 Å². The molecule has 11 aromatic rings. The second-order valence-electron chi connectivity index (χ2n) is 16.8. The molecular formula is C63H51N3. The third-order valence-electron chi connectivity index (χ3n) is 12.4. The fraction of sp³-hybridized carbons (Fsp3) is 0.0476. The number of para-hydroxylation sites is 4. The Morgan fingerprint density at radius 1 is 0.288 bits per heavy atom. The minimum Gasteiger partial charge on any atom is -0.310 e. The molecule has 0 amide bonds. The molecule has 0 saturated carbocycles. The summed E-state index contributed by atoms with van der Waals surface area (Å²) in [5, 5.41) is 2.46. The van der Waals surface area contributed by atoms with Gasteiger partial charge in [-0.2, -0.15) is 0 Å². The minimum atomic E-state index is 1.10. The molecular weight excluding hydrogens is 799 g/mol. The van der Waals surface area contributed by atoms with Crippen LogP contribution in [0.1, 0.15) is 16.7 Å². The van der Waals surface area contributed by atoms with Crippen LogP contribution in [0, 0.1) is 20.8 Å². The van der Waals surface area contributed by atoms with Gasteiger partial charge in [0.2, 0.25) is 0 Å². The van der Waals surface area contributed by atoms with Crippen LogP contribution in [0.15, 0.2) is 255 Å². The van der Waals surface area contributed by atoms with Crippen molar-refractivity contribution in [2.45, 2.75) is 20.8 Å². The van der Waals surface area contributed by atoms with Crippen LogP contribution in [0.2, 0.25) is 0 Å². The molecule has 10 aromatic carbocycles. The fourth-order valence-electron chi connectivity index (χ4n) is 9.06. The summed E-state index contributed by atoms with van der Waals surface area (Å²) in [6, 6.07) is 91.1. The van der Waals surface area contributed by atoms with Crippen molar-refractivity contribution in [2.24, 2.45) is 0 Å². The summed E-state index contributed by atoms with van der Waals surface area (Å²) in [7, 11) is 0. The van der Waals surface area contributed by atoms with E-state index in [0.717, 1.165) is 45.4 Å². The summed E-state index contributed by atoms with van der Waals surface area (Å²) >= 11 is 0. The largest absolute Gasteiger partial charge is 0.310 e. The van der Waals surface area contributed by atoms with E-state index < -0.39 is 0 Å². The lowest BCUT2D eigenvalue weighted by molar-refractivity contribution is 1.18. The molecule has 1 aromatic heterocycles. The topological polar surface area (TPSA) is 11.4 Å². The Hall–Kier alpha value is -8.40. The summed E-state index contributed by atoms with van der Waals surface area (Å²) < 4.78 is 2.37. The van der Waals surface area contributed by atoms with Gasteiger partial charge in [-0.15, -0.1) is 0 Å². The molecule has 3 heteroatoms. The first-order valence-corrected chi connectivity index (χ1v) is 22.7. The van der Waals surface area contributed by atoms with Gasteiger partial charge in [0.25, 0.3) is 0 Å². The number of hydrogen-bond donors (Lipinski definition) is 0. The minimum absolute atomic E-state index is 1.10. The van der Waals surface area contributed by atoms with Crippen molar-refractivity contribution in [1.82, 2.24) is 4.57 Å². The Bertz CT molecular complexity index is 3360. The van der Waals surface area contributed by atoms with Crippen molar-refractivity contribution in [3.63, 3.8) is 0 Å². The van der Waals surface area contributed by atoms with Gasteiger partial charge in [-0.25, -0.2) is 0 Å². The molecule has 0 aliphatic carbocycles. The lowest BCUT2D eigenvalue weighted by Gasteiger charge is -2.27. The molecule has 3 nitrogen and oxygen atoms in total. The molecule has 0 atom stereocenters. The molecule has 0 bridgehead atoms. The smallest absolute Gasteiger partial charge is 0.0542 e. The Balaban J connectivity index is 0.000000670. The van der Waals surface area contributed by atoms with Crippen LogP contribution in [0.3, 0.4) is 0 Å². The molecule has 0 fully saturated rings. The number of nitrogens with zero attached hydrogens (tertiary/aromatic N) is 3. The first-order chi connectivity index (χ1) is 32.5. The molecule has 11 rings (SSSR count).